The average Bonchev–Trinajstić information content (AvgIpc) is 3.34. The first kappa shape index (κ1) is 27.3. The molecule has 1 aliphatic rings. The molecule has 0 unspecified atom stereocenters. The summed E-state index contributed by atoms with van der Waals surface area (Å²) < 4.78 is 29.7. The van der Waals surface area contributed by atoms with Gasteiger partial charge in [-0.2, -0.15) is 0 Å². The summed E-state index contributed by atoms with van der Waals surface area (Å²) in [6.45, 7) is 7.31. The van der Waals surface area contributed by atoms with Crippen LogP contribution in [0.2, 0.25) is 0 Å². The van der Waals surface area contributed by atoms with Gasteiger partial charge in [-0.15, -0.1) is 11.3 Å². The summed E-state index contributed by atoms with van der Waals surface area (Å²) in [7, 11) is -3.88. The molecule has 1 atom stereocenters. The molecule has 4 rings (SSSR count). The molecule has 1 aromatic heterocycles. The van der Waals surface area contributed by atoms with Gasteiger partial charge < -0.3 is 10.6 Å². The lowest BCUT2D eigenvalue weighted by Gasteiger charge is -2.22. The molecule has 3 N–H and O–H groups in total. The number of rotatable bonds is 7. The maximum Gasteiger partial charge on any atom is 0.319 e. The molecule has 1 aliphatic carbocycles. The summed E-state index contributed by atoms with van der Waals surface area (Å²) in [5.74, 6) is 0.441. The van der Waals surface area contributed by atoms with E-state index in [1.54, 1.807) is 50.4 Å². The lowest BCUT2D eigenvalue weighted by Crippen LogP contribution is -2.40. The summed E-state index contributed by atoms with van der Waals surface area (Å²) in [6, 6.07) is 14.0. The van der Waals surface area contributed by atoms with E-state index in [0.29, 0.717) is 17.2 Å². The number of benzene rings is 2. The Labute approximate surface area is 224 Å². The summed E-state index contributed by atoms with van der Waals surface area (Å²) in [5, 5.41) is 6.77. The van der Waals surface area contributed by atoms with Crippen molar-refractivity contribution >= 4 is 33.1 Å². The fourth-order valence-corrected chi connectivity index (χ4v) is 7.48. The van der Waals surface area contributed by atoms with Crippen molar-refractivity contribution in [1.82, 2.24) is 15.0 Å². The van der Waals surface area contributed by atoms with Gasteiger partial charge >= 0.3 is 6.03 Å². The van der Waals surface area contributed by atoms with E-state index >= 15 is 0 Å². The monoisotopic (exact) mass is 540 g/mol. The number of aromatic nitrogens is 1. The number of amides is 2. The van der Waals surface area contributed by atoms with E-state index in [-0.39, 0.29) is 10.9 Å². The smallest absolute Gasteiger partial charge is 0.319 e. The standard InChI is InChI=1S/C28H36N4O3S2/c1-19(20-11-7-5-8-12-20)30-27(33)31-22-15-16-23(25(17-22)37(34,35)32-28(2,3)4)24-18-29-26(36-24)21-13-9-6-10-14-21/h5,7-8,11-12,15-19,21,32H,6,9-10,13-14H2,1-4H3,(H2,30,31,33)/t19-/m1/s1. The number of sulfonamides is 1. The second-order valence-electron chi connectivity index (χ2n) is 10.7. The minimum atomic E-state index is -3.88. The second-order valence-corrected chi connectivity index (χ2v) is 13.4. The van der Waals surface area contributed by atoms with Crippen molar-refractivity contribution in [3.63, 3.8) is 0 Å². The van der Waals surface area contributed by atoms with E-state index in [4.69, 9.17) is 0 Å². The lowest BCUT2D eigenvalue weighted by molar-refractivity contribution is 0.249. The molecule has 3 aromatic rings. The molecule has 2 aromatic carbocycles. The van der Waals surface area contributed by atoms with Crippen molar-refractivity contribution in [3.8, 4) is 10.4 Å². The molecule has 0 saturated heterocycles. The zero-order chi connectivity index (χ0) is 26.6. The minimum Gasteiger partial charge on any atom is -0.331 e. The summed E-state index contributed by atoms with van der Waals surface area (Å²) in [5.41, 5.74) is 1.29. The number of carbonyl (C=O) groups is 1. The molecule has 1 saturated carbocycles. The van der Waals surface area contributed by atoms with Crippen LogP contribution in [-0.2, 0) is 10.0 Å². The van der Waals surface area contributed by atoms with Crippen LogP contribution in [-0.4, -0.2) is 25.0 Å². The topological polar surface area (TPSA) is 100 Å². The van der Waals surface area contributed by atoms with Crippen LogP contribution in [0.4, 0.5) is 10.5 Å². The van der Waals surface area contributed by atoms with Gasteiger partial charge in [0.25, 0.3) is 0 Å². The third-order valence-electron chi connectivity index (χ3n) is 6.36. The predicted octanol–water partition coefficient (Wildman–Crippen LogP) is 6.82. The maximum absolute atomic E-state index is 13.5. The number of nitrogens with one attached hydrogen (secondary N) is 3. The van der Waals surface area contributed by atoms with Gasteiger partial charge in [0.05, 0.1) is 20.8 Å². The molecular formula is C28H36N4O3S2. The first-order chi connectivity index (χ1) is 17.5. The predicted molar refractivity (Wildman–Crippen MR) is 150 cm³/mol. The van der Waals surface area contributed by atoms with Crippen LogP contribution in [0.3, 0.4) is 0 Å². The molecule has 198 valence electrons. The molecule has 0 aliphatic heterocycles. The van der Waals surface area contributed by atoms with Crippen molar-refractivity contribution in [1.29, 1.82) is 0 Å². The molecule has 0 bridgehead atoms. The maximum atomic E-state index is 13.5. The summed E-state index contributed by atoms with van der Waals surface area (Å²) >= 11 is 1.56. The second kappa shape index (κ2) is 11.3. The van der Waals surface area contributed by atoms with Crippen molar-refractivity contribution in [2.75, 3.05) is 5.32 Å². The van der Waals surface area contributed by atoms with Crippen LogP contribution >= 0.6 is 11.3 Å². The quantitative estimate of drug-likeness (QED) is 0.306. The van der Waals surface area contributed by atoms with E-state index in [9.17, 15) is 13.2 Å². The Hall–Kier alpha value is -2.75. The zero-order valence-corrected chi connectivity index (χ0v) is 23.5. The van der Waals surface area contributed by atoms with Crippen LogP contribution in [0.25, 0.3) is 10.4 Å². The fourth-order valence-electron chi connectivity index (χ4n) is 4.62. The Balaban J connectivity index is 1.62. The highest BCUT2D eigenvalue weighted by Crippen LogP contribution is 2.39. The van der Waals surface area contributed by atoms with Gasteiger partial charge in [-0.3, -0.25) is 0 Å². The molecule has 0 spiro atoms. The van der Waals surface area contributed by atoms with Gasteiger partial charge in [0.1, 0.15) is 0 Å². The van der Waals surface area contributed by atoms with E-state index < -0.39 is 21.6 Å². The minimum absolute atomic E-state index is 0.121. The number of anilines is 1. The van der Waals surface area contributed by atoms with Crippen LogP contribution < -0.4 is 15.4 Å². The first-order valence-electron chi connectivity index (χ1n) is 12.8. The van der Waals surface area contributed by atoms with E-state index in [0.717, 1.165) is 28.3 Å². The highest BCUT2D eigenvalue weighted by Gasteiger charge is 2.27. The lowest BCUT2D eigenvalue weighted by atomic mass is 9.90. The molecule has 0 radical (unpaired) electrons. The average molecular weight is 541 g/mol. The van der Waals surface area contributed by atoms with E-state index in [1.807, 2.05) is 37.3 Å². The normalized spacial score (nSPS) is 15.8. The van der Waals surface area contributed by atoms with Crippen LogP contribution in [0.15, 0.2) is 59.6 Å². The Kier molecular flexibility index (Phi) is 8.36. The Morgan fingerprint density at radius 3 is 2.43 bits per heavy atom. The fraction of sp³-hybridized carbons (Fsp3) is 0.429. The Morgan fingerprint density at radius 2 is 1.76 bits per heavy atom. The number of thiazole rings is 1. The number of urea groups is 1. The summed E-state index contributed by atoms with van der Waals surface area (Å²) in [6.07, 6.45) is 7.72. The molecule has 37 heavy (non-hydrogen) atoms. The molecule has 7 nitrogen and oxygen atoms in total. The Bertz CT molecular complexity index is 1320. The third kappa shape index (κ3) is 7.18. The van der Waals surface area contributed by atoms with Crippen molar-refractivity contribution in [2.45, 2.75) is 82.2 Å². The largest absolute Gasteiger partial charge is 0.331 e. The third-order valence-corrected chi connectivity index (χ3v) is 9.35. The van der Waals surface area contributed by atoms with Crippen molar-refractivity contribution in [3.05, 3.63) is 65.3 Å². The first-order valence-corrected chi connectivity index (χ1v) is 15.1. The van der Waals surface area contributed by atoms with E-state index in [2.05, 4.69) is 20.3 Å². The number of hydrogen-bond donors (Lipinski definition) is 3. The van der Waals surface area contributed by atoms with Gasteiger partial charge in [-0.1, -0.05) is 55.7 Å². The Morgan fingerprint density at radius 1 is 1.05 bits per heavy atom. The van der Waals surface area contributed by atoms with Gasteiger partial charge in [-0.05, 0) is 58.2 Å². The highest BCUT2D eigenvalue weighted by atomic mass is 32.2. The highest BCUT2D eigenvalue weighted by molar-refractivity contribution is 7.89. The van der Waals surface area contributed by atoms with Crippen LogP contribution in [0.5, 0.6) is 0 Å². The SMILES string of the molecule is C[C@@H](NC(=O)Nc1ccc(-c2cnc(C3CCCCC3)s2)c(S(=O)(=O)NC(C)(C)C)c1)c1ccccc1. The summed E-state index contributed by atoms with van der Waals surface area (Å²) in [4.78, 5) is 18.3. The molecule has 2 amide bonds. The van der Waals surface area contributed by atoms with Gasteiger partial charge in [0.15, 0.2) is 0 Å². The van der Waals surface area contributed by atoms with E-state index in [1.165, 1.54) is 25.3 Å². The number of carbonyl (C=O) groups excluding carboxylic acids is 1. The molecule has 1 fully saturated rings. The zero-order valence-electron chi connectivity index (χ0n) is 21.9. The van der Waals surface area contributed by atoms with Crippen molar-refractivity contribution in [2.24, 2.45) is 0 Å². The molecular weight excluding hydrogens is 504 g/mol. The van der Waals surface area contributed by atoms with Gasteiger partial charge in [0, 0.05) is 28.9 Å². The van der Waals surface area contributed by atoms with Crippen LogP contribution in [0, 0.1) is 0 Å². The molecule has 1 heterocycles. The van der Waals surface area contributed by atoms with Gasteiger partial charge in [0.2, 0.25) is 10.0 Å². The van der Waals surface area contributed by atoms with Crippen LogP contribution in [0.1, 0.15) is 82.3 Å². The number of nitrogens with zero attached hydrogens (tertiary/aromatic N) is 1. The number of hydrogen-bond acceptors (Lipinski definition) is 5. The van der Waals surface area contributed by atoms with Gasteiger partial charge in [-0.25, -0.2) is 22.9 Å². The molecule has 9 heteroatoms. The van der Waals surface area contributed by atoms with Crippen molar-refractivity contribution < 1.29 is 13.2 Å².